The molecule has 0 aliphatic heterocycles. The molecule has 1 aliphatic carbocycles. The van der Waals surface area contributed by atoms with E-state index >= 15 is 0 Å². The first-order valence-corrected chi connectivity index (χ1v) is 11.3. The van der Waals surface area contributed by atoms with Gasteiger partial charge in [0.25, 0.3) is 0 Å². The van der Waals surface area contributed by atoms with Crippen molar-refractivity contribution in [2.45, 2.75) is 44.9 Å². The lowest BCUT2D eigenvalue weighted by Gasteiger charge is -2.23. The molecule has 4 aromatic rings. The van der Waals surface area contributed by atoms with Crippen LogP contribution in [0.5, 0.6) is 5.75 Å². The summed E-state index contributed by atoms with van der Waals surface area (Å²) in [6.45, 7) is 1.62. The van der Waals surface area contributed by atoms with Crippen molar-refractivity contribution in [3.8, 4) is 5.75 Å². The van der Waals surface area contributed by atoms with Crippen LogP contribution in [0.15, 0.2) is 78.9 Å². The van der Waals surface area contributed by atoms with Crippen LogP contribution in [0.3, 0.4) is 0 Å². The van der Waals surface area contributed by atoms with Crippen LogP contribution in [0, 0.1) is 0 Å². The molecule has 0 amide bonds. The van der Waals surface area contributed by atoms with Gasteiger partial charge in [-0.2, -0.15) is 0 Å². The molecule has 5 rings (SSSR count). The highest BCUT2D eigenvalue weighted by molar-refractivity contribution is 5.87. The van der Waals surface area contributed by atoms with Gasteiger partial charge in [0, 0.05) is 29.2 Å². The van der Waals surface area contributed by atoms with Gasteiger partial charge in [-0.3, -0.25) is 0 Å². The number of nitrogens with one attached hydrogen (secondary N) is 1. The molecule has 1 aromatic heterocycles. The number of nitrogens with zero attached hydrogens (tertiary/aromatic N) is 1. The second-order valence-electron chi connectivity index (χ2n) is 8.49. The normalized spacial score (nSPS) is 15.7. The van der Waals surface area contributed by atoms with E-state index in [1.807, 2.05) is 6.07 Å². The van der Waals surface area contributed by atoms with Crippen LogP contribution in [0.25, 0.3) is 10.9 Å². The Bertz CT molecular complexity index is 1150. The molecule has 0 bridgehead atoms. The minimum absolute atomic E-state index is 0.551. The Morgan fingerprint density at radius 3 is 2.42 bits per heavy atom. The summed E-state index contributed by atoms with van der Waals surface area (Å²) in [7, 11) is 2.08. The second kappa shape index (κ2) is 8.99. The predicted octanol–water partition coefficient (Wildman–Crippen LogP) is 5.54. The van der Waals surface area contributed by atoms with E-state index in [9.17, 15) is 0 Å². The molecule has 3 nitrogen and oxygen atoms in total. The molecular formula is C28H30N2O. The lowest BCUT2D eigenvalue weighted by Crippen LogP contribution is -2.31. The molecule has 1 atom stereocenters. The monoisotopic (exact) mass is 410 g/mol. The Balaban J connectivity index is 1.46. The summed E-state index contributed by atoms with van der Waals surface area (Å²) < 4.78 is 8.72. The van der Waals surface area contributed by atoms with E-state index in [4.69, 9.17) is 4.74 Å². The first-order chi connectivity index (χ1) is 15.3. The molecule has 1 unspecified atom stereocenters. The highest BCUT2D eigenvalue weighted by Crippen LogP contribution is 2.35. The minimum atomic E-state index is 0.551. The number of aryl methyl sites for hydroxylation is 2. The molecule has 31 heavy (non-hydrogen) atoms. The number of likely N-dealkylation sites (N-methyl/N-ethyl adjacent to an activating group) is 1. The van der Waals surface area contributed by atoms with Gasteiger partial charge in [-0.25, -0.2) is 0 Å². The zero-order valence-electron chi connectivity index (χ0n) is 18.2. The van der Waals surface area contributed by atoms with Gasteiger partial charge in [-0.1, -0.05) is 60.7 Å². The maximum Gasteiger partial charge on any atom is 0.120 e. The van der Waals surface area contributed by atoms with Crippen LogP contribution in [-0.2, 0) is 32.4 Å². The Labute approximate surface area is 184 Å². The van der Waals surface area contributed by atoms with Crippen LogP contribution in [0.1, 0.15) is 28.8 Å². The highest BCUT2D eigenvalue weighted by atomic mass is 16.5. The number of hydrogen-bond acceptors (Lipinski definition) is 2. The Kier molecular flexibility index (Phi) is 5.77. The smallest absolute Gasteiger partial charge is 0.120 e. The Morgan fingerprint density at radius 1 is 0.935 bits per heavy atom. The molecule has 0 spiro atoms. The van der Waals surface area contributed by atoms with Crippen molar-refractivity contribution in [2.75, 3.05) is 7.05 Å². The molecule has 0 saturated heterocycles. The third-order valence-electron chi connectivity index (χ3n) is 6.56. The number of ether oxygens (including phenoxy) is 1. The molecule has 158 valence electrons. The minimum Gasteiger partial charge on any atom is -0.489 e. The summed E-state index contributed by atoms with van der Waals surface area (Å²) in [5.41, 5.74) is 6.94. The number of hydrogen-bond donors (Lipinski definition) is 1. The largest absolute Gasteiger partial charge is 0.489 e. The van der Waals surface area contributed by atoms with Crippen molar-refractivity contribution < 1.29 is 4.74 Å². The Morgan fingerprint density at radius 2 is 1.68 bits per heavy atom. The lowest BCUT2D eigenvalue weighted by molar-refractivity contribution is 0.306. The van der Waals surface area contributed by atoms with Gasteiger partial charge in [-0.15, -0.1) is 0 Å². The van der Waals surface area contributed by atoms with Crippen molar-refractivity contribution in [3.63, 3.8) is 0 Å². The Hall–Kier alpha value is -3.04. The number of benzene rings is 3. The van der Waals surface area contributed by atoms with E-state index < -0.39 is 0 Å². The summed E-state index contributed by atoms with van der Waals surface area (Å²) >= 11 is 0. The van der Waals surface area contributed by atoms with Gasteiger partial charge in [0.2, 0.25) is 0 Å². The van der Waals surface area contributed by atoms with Crippen LogP contribution >= 0.6 is 0 Å². The number of rotatable bonds is 7. The van der Waals surface area contributed by atoms with Crippen molar-refractivity contribution in [1.82, 2.24) is 9.88 Å². The molecule has 3 aromatic carbocycles. The standard InChI is InChI=1S/C28H30N2O/c1-29-23-12-14-27-25(18-23)26-19-24(31-20-22-10-6-3-7-11-22)13-15-28(26)30(27)17-16-21-8-4-2-5-9-21/h2-11,13,15,19,23,29H,12,14,16-18,20H2,1H3. The molecule has 3 heteroatoms. The number of fused-ring (bicyclic) bond motifs is 3. The fourth-order valence-corrected chi connectivity index (χ4v) is 4.85. The van der Waals surface area contributed by atoms with Crippen LogP contribution < -0.4 is 10.1 Å². The zero-order valence-corrected chi connectivity index (χ0v) is 18.2. The molecule has 1 N–H and O–H groups in total. The van der Waals surface area contributed by atoms with Crippen molar-refractivity contribution in [1.29, 1.82) is 0 Å². The van der Waals surface area contributed by atoms with Gasteiger partial charge < -0.3 is 14.6 Å². The summed E-state index contributed by atoms with van der Waals surface area (Å²) in [6.07, 6.45) is 4.47. The maximum atomic E-state index is 6.16. The van der Waals surface area contributed by atoms with Crippen LogP contribution in [-0.4, -0.2) is 17.7 Å². The quantitative estimate of drug-likeness (QED) is 0.433. The topological polar surface area (TPSA) is 26.2 Å². The average Bonchev–Trinajstić information content (AvgIpc) is 3.15. The maximum absolute atomic E-state index is 6.16. The van der Waals surface area contributed by atoms with Crippen molar-refractivity contribution in [3.05, 3.63) is 101 Å². The van der Waals surface area contributed by atoms with Gasteiger partial charge in [0.15, 0.2) is 0 Å². The van der Waals surface area contributed by atoms with Crippen LogP contribution in [0.2, 0.25) is 0 Å². The third-order valence-corrected chi connectivity index (χ3v) is 6.56. The first-order valence-electron chi connectivity index (χ1n) is 11.3. The summed E-state index contributed by atoms with van der Waals surface area (Å²) in [5.74, 6) is 0.950. The summed E-state index contributed by atoms with van der Waals surface area (Å²) in [6, 6.07) is 28.4. The van der Waals surface area contributed by atoms with Gasteiger partial charge in [0.05, 0.1) is 0 Å². The highest BCUT2D eigenvalue weighted by Gasteiger charge is 2.25. The third kappa shape index (κ3) is 4.24. The van der Waals surface area contributed by atoms with E-state index in [1.165, 1.54) is 39.7 Å². The zero-order chi connectivity index (χ0) is 21.0. The fourth-order valence-electron chi connectivity index (χ4n) is 4.85. The van der Waals surface area contributed by atoms with Crippen molar-refractivity contribution in [2.24, 2.45) is 0 Å². The predicted molar refractivity (Wildman–Crippen MR) is 128 cm³/mol. The van der Waals surface area contributed by atoms with Crippen LogP contribution in [0.4, 0.5) is 0 Å². The molecule has 0 radical (unpaired) electrons. The van der Waals surface area contributed by atoms with E-state index in [-0.39, 0.29) is 0 Å². The first kappa shape index (κ1) is 19.9. The van der Waals surface area contributed by atoms with E-state index in [1.54, 1.807) is 0 Å². The molecule has 0 fully saturated rings. The SMILES string of the molecule is CNC1CCc2c(c3cc(OCc4ccccc4)ccc3n2CCc2ccccc2)C1. The van der Waals surface area contributed by atoms with E-state index in [0.717, 1.165) is 31.6 Å². The van der Waals surface area contributed by atoms with Crippen molar-refractivity contribution >= 4 is 10.9 Å². The van der Waals surface area contributed by atoms with Gasteiger partial charge in [-0.05, 0) is 67.6 Å². The molecule has 1 heterocycles. The second-order valence-corrected chi connectivity index (χ2v) is 8.49. The average molecular weight is 411 g/mol. The van der Waals surface area contributed by atoms with Gasteiger partial charge in [0.1, 0.15) is 12.4 Å². The van der Waals surface area contributed by atoms with E-state index in [0.29, 0.717) is 12.6 Å². The molecule has 1 aliphatic rings. The van der Waals surface area contributed by atoms with E-state index in [2.05, 4.69) is 89.7 Å². The summed E-state index contributed by atoms with van der Waals surface area (Å²) in [5, 5.41) is 4.85. The summed E-state index contributed by atoms with van der Waals surface area (Å²) in [4.78, 5) is 0. The molecular weight excluding hydrogens is 380 g/mol. The lowest BCUT2D eigenvalue weighted by atomic mass is 9.91. The number of aromatic nitrogens is 1. The molecule has 0 saturated carbocycles. The fraction of sp³-hybridized carbons (Fsp3) is 0.286. The van der Waals surface area contributed by atoms with Gasteiger partial charge >= 0.3 is 0 Å².